The summed E-state index contributed by atoms with van der Waals surface area (Å²) in [5.41, 5.74) is -1.59. The number of rotatable bonds is 2. The summed E-state index contributed by atoms with van der Waals surface area (Å²) < 4.78 is 39.2. The Kier molecular flexibility index (Phi) is 5.95. The van der Waals surface area contributed by atoms with Crippen LogP contribution in [-0.2, 0) is 15.8 Å². The minimum absolute atomic E-state index is 0.109. The van der Waals surface area contributed by atoms with Crippen molar-refractivity contribution in [1.29, 1.82) is 0 Å². The first kappa shape index (κ1) is 19.5. The van der Waals surface area contributed by atoms with Crippen molar-refractivity contribution in [2.45, 2.75) is 25.1 Å². The van der Waals surface area contributed by atoms with Gasteiger partial charge in [-0.3, -0.25) is 9.59 Å². The highest BCUT2D eigenvalue weighted by molar-refractivity contribution is 6.39. The van der Waals surface area contributed by atoms with E-state index in [4.69, 9.17) is 11.6 Å². The summed E-state index contributed by atoms with van der Waals surface area (Å²) >= 11 is 5.59. The van der Waals surface area contributed by atoms with E-state index >= 15 is 0 Å². The summed E-state index contributed by atoms with van der Waals surface area (Å²) in [6.45, 7) is 1.58. The number of benzene rings is 1. The molecule has 1 heterocycles. The number of nitrogens with one attached hydrogen (secondary N) is 1. The molecule has 0 atom stereocenters. The molecule has 0 saturated carbocycles. The molecule has 1 aromatic rings. The van der Waals surface area contributed by atoms with E-state index in [1.54, 1.807) is 0 Å². The van der Waals surface area contributed by atoms with E-state index in [0.717, 1.165) is 19.2 Å². The Labute approximate surface area is 148 Å². The fourth-order valence-corrected chi connectivity index (χ4v) is 2.92. The average molecular weight is 378 g/mol. The number of carbonyl (C=O) groups is 2. The van der Waals surface area contributed by atoms with Gasteiger partial charge in [0, 0.05) is 18.1 Å². The van der Waals surface area contributed by atoms with Crippen molar-refractivity contribution in [2.75, 3.05) is 32.5 Å². The summed E-state index contributed by atoms with van der Waals surface area (Å²) in [5.74, 6) is -1.97. The van der Waals surface area contributed by atoms with Crippen LogP contribution >= 0.6 is 11.6 Å². The molecule has 0 bridgehead atoms. The summed E-state index contributed by atoms with van der Waals surface area (Å²) in [4.78, 5) is 27.8. The molecule has 1 N–H and O–H groups in total. The topological polar surface area (TPSA) is 52.7 Å². The monoisotopic (exact) mass is 377 g/mol. The largest absolute Gasteiger partial charge is 0.418 e. The molecule has 5 nitrogen and oxygen atoms in total. The second kappa shape index (κ2) is 7.61. The summed E-state index contributed by atoms with van der Waals surface area (Å²) in [5, 5.41) is 1.94. The lowest BCUT2D eigenvalue weighted by molar-refractivity contribution is -0.144. The first-order chi connectivity index (χ1) is 11.6. The Bertz CT molecular complexity index is 659. The van der Waals surface area contributed by atoms with E-state index < -0.39 is 29.2 Å². The van der Waals surface area contributed by atoms with Crippen LogP contribution in [0.2, 0.25) is 5.02 Å². The zero-order valence-corrected chi connectivity index (χ0v) is 14.6. The second-order valence-corrected chi connectivity index (χ2v) is 6.53. The number of carbonyl (C=O) groups excluding carboxylic acids is 2. The smallest absolute Gasteiger partial charge is 0.334 e. The quantitative estimate of drug-likeness (QED) is 0.806. The van der Waals surface area contributed by atoms with E-state index in [1.165, 1.54) is 18.0 Å². The Balaban J connectivity index is 2.10. The number of likely N-dealkylation sites (N-methyl/N-ethyl adjacent to an activating group) is 1. The van der Waals surface area contributed by atoms with Crippen LogP contribution in [0.15, 0.2) is 18.2 Å². The van der Waals surface area contributed by atoms with Gasteiger partial charge in [0.1, 0.15) is 0 Å². The number of halogens is 4. The van der Waals surface area contributed by atoms with E-state index in [0.29, 0.717) is 18.9 Å². The Morgan fingerprint density at radius 3 is 2.44 bits per heavy atom. The molecule has 1 aliphatic heterocycles. The maximum absolute atomic E-state index is 13.1. The number of amides is 2. The predicted octanol–water partition coefficient (Wildman–Crippen LogP) is 2.85. The number of likely N-dealkylation sites (tertiary alicyclic amines) is 1. The van der Waals surface area contributed by atoms with Crippen molar-refractivity contribution >= 4 is 29.1 Å². The van der Waals surface area contributed by atoms with Gasteiger partial charge in [-0.1, -0.05) is 11.6 Å². The molecule has 25 heavy (non-hydrogen) atoms. The van der Waals surface area contributed by atoms with Gasteiger partial charge in [0.15, 0.2) is 0 Å². The SMILES string of the molecule is CN1CCC(N(C)C(=O)C(=O)Nc2ccc(Cl)cc2C(F)(F)F)CC1. The van der Waals surface area contributed by atoms with E-state index in [-0.39, 0.29) is 11.1 Å². The van der Waals surface area contributed by atoms with Gasteiger partial charge in [0.05, 0.1) is 11.3 Å². The molecule has 0 radical (unpaired) electrons. The van der Waals surface area contributed by atoms with Crippen LogP contribution in [0.1, 0.15) is 18.4 Å². The number of alkyl halides is 3. The fraction of sp³-hybridized carbons (Fsp3) is 0.500. The van der Waals surface area contributed by atoms with Gasteiger partial charge in [0.2, 0.25) is 0 Å². The molecule has 0 unspecified atom stereocenters. The van der Waals surface area contributed by atoms with Crippen LogP contribution in [0.3, 0.4) is 0 Å². The molecule has 1 aromatic carbocycles. The Morgan fingerprint density at radius 2 is 1.88 bits per heavy atom. The lowest BCUT2D eigenvalue weighted by Gasteiger charge is -2.34. The van der Waals surface area contributed by atoms with Crippen LogP contribution < -0.4 is 5.32 Å². The van der Waals surface area contributed by atoms with Crippen molar-refractivity contribution < 1.29 is 22.8 Å². The highest BCUT2D eigenvalue weighted by Crippen LogP contribution is 2.36. The minimum atomic E-state index is -4.70. The summed E-state index contributed by atoms with van der Waals surface area (Å²) in [6.07, 6.45) is -3.28. The average Bonchev–Trinajstić information content (AvgIpc) is 2.54. The third kappa shape index (κ3) is 4.85. The zero-order chi connectivity index (χ0) is 18.8. The van der Waals surface area contributed by atoms with Gasteiger partial charge in [-0.2, -0.15) is 13.2 Å². The standard InChI is InChI=1S/C16H19ClF3N3O2/c1-22-7-5-11(6-8-22)23(2)15(25)14(24)21-13-4-3-10(17)9-12(13)16(18,19)20/h3-4,9,11H,5-8H2,1-2H3,(H,21,24). The first-order valence-corrected chi connectivity index (χ1v) is 8.11. The van der Waals surface area contributed by atoms with E-state index in [1.807, 2.05) is 7.05 Å². The number of nitrogens with zero attached hydrogens (tertiary/aromatic N) is 2. The van der Waals surface area contributed by atoms with Gasteiger partial charge < -0.3 is 15.1 Å². The van der Waals surface area contributed by atoms with Gasteiger partial charge in [0.25, 0.3) is 0 Å². The molecular weight excluding hydrogens is 359 g/mol. The van der Waals surface area contributed by atoms with Crippen molar-refractivity contribution in [3.05, 3.63) is 28.8 Å². The van der Waals surface area contributed by atoms with Crippen molar-refractivity contribution in [1.82, 2.24) is 9.80 Å². The van der Waals surface area contributed by atoms with E-state index in [9.17, 15) is 22.8 Å². The first-order valence-electron chi connectivity index (χ1n) is 7.73. The minimum Gasteiger partial charge on any atom is -0.334 e. The maximum atomic E-state index is 13.1. The molecule has 0 aromatic heterocycles. The van der Waals surface area contributed by atoms with Crippen LogP contribution in [0.25, 0.3) is 0 Å². The summed E-state index contributed by atoms with van der Waals surface area (Å²) in [7, 11) is 3.45. The number of piperidine rings is 1. The third-order valence-corrected chi connectivity index (χ3v) is 4.52. The molecule has 2 amide bonds. The van der Waals surface area contributed by atoms with Crippen LogP contribution in [0.5, 0.6) is 0 Å². The number of hydrogen-bond acceptors (Lipinski definition) is 3. The van der Waals surface area contributed by atoms with Crippen molar-refractivity contribution in [3.63, 3.8) is 0 Å². The Morgan fingerprint density at radius 1 is 1.28 bits per heavy atom. The second-order valence-electron chi connectivity index (χ2n) is 6.09. The normalized spacial score (nSPS) is 16.6. The molecular formula is C16H19ClF3N3O2. The van der Waals surface area contributed by atoms with Gasteiger partial charge in [-0.15, -0.1) is 0 Å². The number of hydrogen-bond donors (Lipinski definition) is 1. The highest BCUT2D eigenvalue weighted by Gasteiger charge is 2.35. The molecule has 0 spiro atoms. The maximum Gasteiger partial charge on any atom is 0.418 e. The highest BCUT2D eigenvalue weighted by atomic mass is 35.5. The van der Waals surface area contributed by atoms with E-state index in [2.05, 4.69) is 10.2 Å². The van der Waals surface area contributed by atoms with Crippen molar-refractivity contribution in [3.8, 4) is 0 Å². The molecule has 9 heteroatoms. The van der Waals surface area contributed by atoms with Gasteiger partial charge in [-0.05, 0) is 51.2 Å². The lowest BCUT2D eigenvalue weighted by atomic mass is 10.0. The lowest BCUT2D eigenvalue weighted by Crippen LogP contribution is -2.48. The third-order valence-electron chi connectivity index (χ3n) is 4.29. The molecule has 0 aliphatic carbocycles. The molecule has 1 fully saturated rings. The predicted molar refractivity (Wildman–Crippen MR) is 88.4 cm³/mol. The van der Waals surface area contributed by atoms with Gasteiger partial charge >= 0.3 is 18.0 Å². The van der Waals surface area contributed by atoms with Crippen LogP contribution in [-0.4, -0.2) is 54.8 Å². The molecule has 2 rings (SSSR count). The summed E-state index contributed by atoms with van der Waals surface area (Å²) in [6, 6.07) is 2.85. The Hall–Kier alpha value is -1.80. The molecule has 1 saturated heterocycles. The van der Waals surface area contributed by atoms with Gasteiger partial charge in [-0.25, -0.2) is 0 Å². The zero-order valence-electron chi connectivity index (χ0n) is 13.9. The fourth-order valence-electron chi connectivity index (χ4n) is 2.74. The molecule has 138 valence electrons. The molecule has 1 aliphatic rings. The van der Waals surface area contributed by atoms with Crippen LogP contribution in [0, 0.1) is 0 Å². The van der Waals surface area contributed by atoms with Crippen molar-refractivity contribution in [2.24, 2.45) is 0 Å². The number of anilines is 1. The van der Waals surface area contributed by atoms with Crippen LogP contribution in [0.4, 0.5) is 18.9 Å².